The molecule has 0 rings (SSSR count). The Labute approximate surface area is 79.8 Å². The normalized spacial score (nSPS) is 14.8. The van der Waals surface area contributed by atoms with Gasteiger partial charge < -0.3 is 0 Å². The summed E-state index contributed by atoms with van der Waals surface area (Å²) in [5, 5.41) is 0. The van der Waals surface area contributed by atoms with Gasteiger partial charge in [0.15, 0.2) is 0 Å². The number of rotatable bonds is 6. The molecule has 0 nitrogen and oxygen atoms in total. The van der Waals surface area contributed by atoms with E-state index in [2.05, 4.69) is 33.5 Å². The summed E-state index contributed by atoms with van der Waals surface area (Å²) in [5.41, 5.74) is 0. The third-order valence-corrected chi connectivity index (χ3v) is 4.07. The van der Waals surface area contributed by atoms with Crippen LogP contribution in [0.1, 0.15) is 39.5 Å². The predicted octanol–water partition coefficient (Wildman–Crippen LogP) is 4.28. The van der Waals surface area contributed by atoms with Crippen LogP contribution in [0.2, 0.25) is 19.1 Å². The van der Waals surface area contributed by atoms with Gasteiger partial charge in [0.2, 0.25) is 0 Å². The lowest BCUT2D eigenvalue weighted by Crippen LogP contribution is -2.24. The Balaban J connectivity index is 3.67. The Morgan fingerprint density at radius 2 is 1.83 bits per heavy atom. The summed E-state index contributed by atoms with van der Waals surface area (Å²) in [6.45, 7) is 13.7. The summed E-state index contributed by atoms with van der Waals surface area (Å²) in [7, 11) is -1.04. The van der Waals surface area contributed by atoms with Crippen LogP contribution in [-0.4, -0.2) is 8.07 Å². The molecule has 1 heteroatoms. The molecule has 0 aromatic rings. The molecule has 0 amide bonds. The van der Waals surface area contributed by atoms with E-state index in [0.29, 0.717) is 0 Å². The van der Waals surface area contributed by atoms with E-state index in [-0.39, 0.29) is 0 Å². The summed E-state index contributed by atoms with van der Waals surface area (Å²) in [6, 6.07) is 1.42. The highest BCUT2D eigenvalue weighted by Gasteiger charge is 2.18. The molecule has 1 atom stereocenters. The van der Waals surface area contributed by atoms with Crippen molar-refractivity contribution in [3.8, 4) is 0 Å². The van der Waals surface area contributed by atoms with Crippen molar-refractivity contribution in [3.63, 3.8) is 0 Å². The Hall–Kier alpha value is 0.217. The Morgan fingerprint density at radius 3 is 2.17 bits per heavy atom. The molecule has 0 N–H and O–H groups in total. The summed E-state index contributed by atoms with van der Waals surface area (Å²) < 4.78 is 0. The lowest BCUT2D eigenvalue weighted by Gasteiger charge is -2.23. The molecule has 1 radical (unpaired) electrons. The molecule has 0 aliphatic carbocycles. The van der Waals surface area contributed by atoms with Gasteiger partial charge in [0.05, 0.1) is 0 Å². The van der Waals surface area contributed by atoms with Crippen LogP contribution < -0.4 is 0 Å². The zero-order valence-corrected chi connectivity index (χ0v) is 10.3. The van der Waals surface area contributed by atoms with Crippen LogP contribution in [-0.2, 0) is 0 Å². The van der Waals surface area contributed by atoms with Crippen LogP contribution in [0.3, 0.4) is 0 Å². The molecular weight excluding hydrogens is 160 g/mol. The molecule has 0 heterocycles. The zero-order valence-electron chi connectivity index (χ0n) is 9.32. The van der Waals surface area contributed by atoms with Gasteiger partial charge in [-0.25, -0.2) is 0 Å². The highest BCUT2D eigenvalue weighted by Crippen LogP contribution is 2.23. The Morgan fingerprint density at radius 1 is 1.25 bits per heavy atom. The first kappa shape index (κ1) is 12.2. The quantitative estimate of drug-likeness (QED) is 0.542. The maximum atomic E-state index is 4.31. The third kappa shape index (κ3) is 6.90. The van der Waals surface area contributed by atoms with Crippen molar-refractivity contribution in [2.24, 2.45) is 5.92 Å². The van der Waals surface area contributed by atoms with Crippen LogP contribution in [0.15, 0.2) is 0 Å². The van der Waals surface area contributed by atoms with E-state index in [1.54, 1.807) is 0 Å². The van der Waals surface area contributed by atoms with Gasteiger partial charge in [-0.05, 0) is 5.92 Å². The molecule has 0 bridgehead atoms. The second-order valence-electron chi connectivity index (χ2n) is 4.78. The minimum atomic E-state index is -1.04. The lowest BCUT2D eigenvalue weighted by molar-refractivity contribution is 0.486. The minimum Gasteiger partial charge on any atom is -0.0693 e. The fourth-order valence-electron chi connectivity index (χ4n) is 1.72. The minimum absolute atomic E-state index is 0.962. The maximum absolute atomic E-state index is 4.31. The molecule has 0 aromatic carbocycles. The highest BCUT2D eigenvalue weighted by atomic mass is 28.3. The van der Waals surface area contributed by atoms with E-state index in [1.807, 2.05) is 0 Å². The molecule has 0 spiro atoms. The second kappa shape index (κ2) is 5.79. The largest absolute Gasteiger partial charge is 0.0693 e. The van der Waals surface area contributed by atoms with Crippen molar-refractivity contribution >= 4 is 8.07 Å². The first-order valence-corrected chi connectivity index (χ1v) is 8.76. The van der Waals surface area contributed by atoms with Crippen molar-refractivity contribution in [1.82, 2.24) is 0 Å². The first-order chi connectivity index (χ1) is 5.49. The van der Waals surface area contributed by atoms with E-state index < -0.39 is 8.07 Å². The number of hydrogen-bond acceptors (Lipinski definition) is 0. The van der Waals surface area contributed by atoms with E-state index in [1.165, 1.54) is 31.7 Å². The van der Waals surface area contributed by atoms with Crippen LogP contribution >= 0.6 is 0 Å². The zero-order chi connectivity index (χ0) is 9.61. The first-order valence-electron chi connectivity index (χ1n) is 5.35. The summed E-state index contributed by atoms with van der Waals surface area (Å²) in [6.07, 6.45) is 5.53. The molecule has 0 saturated heterocycles. The number of unbranched alkanes of at least 4 members (excludes halogenated alkanes) is 1. The monoisotopic (exact) mass is 185 g/mol. The van der Waals surface area contributed by atoms with Crippen molar-refractivity contribution < 1.29 is 0 Å². The van der Waals surface area contributed by atoms with Gasteiger partial charge >= 0.3 is 0 Å². The fraction of sp³-hybridized carbons (Fsp3) is 0.909. The smallest absolute Gasteiger partial charge is 0.0473 e. The molecule has 0 aliphatic rings. The van der Waals surface area contributed by atoms with E-state index >= 15 is 0 Å². The van der Waals surface area contributed by atoms with E-state index in [9.17, 15) is 0 Å². The van der Waals surface area contributed by atoms with Gasteiger partial charge in [-0.15, -0.1) is 0 Å². The van der Waals surface area contributed by atoms with Crippen LogP contribution in [0.5, 0.6) is 0 Å². The maximum Gasteiger partial charge on any atom is 0.0473 e. The second-order valence-corrected chi connectivity index (χ2v) is 9.52. The molecule has 73 valence electrons. The predicted molar refractivity (Wildman–Crippen MR) is 61.0 cm³/mol. The van der Waals surface area contributed by atoms with Crippen molar-refractivity contribution in [2.45, 2.75) is 58.7 Å². The highest BCUT2D eigenvalue weighted by molar-refractivity contribution is 6.79. The average Bonchev–Trinajstić information content (AvgIpc) is 1.95. The van der Waals surface area contributed by atoms with Crippen LogP contribution in [0.4, 0.5) is 0 Å². The topological polar surface area (TPSA) is 0 Å². The molecule has 1 unspecified atom stereocenters. The van der Waals surface area contributed by atoms with E-state index in [0.717, 1.165) is 5.92 Å². The van der Waals surface area contributed by atoms with Gasteiger partial charge in [0, 0.05) is 8.07 Å². The van der Waals surface area contributed by atoms with Gasteiger partial charge in [-0.3, -0.25) is 0 Å². The van der Waals surface area contributed by atoms with Gasteiger partial charge in [0.25, 0.3) is 0 Å². The Bertz CT molecular complexity index is 102. The van der Waals surface area contributed by atoms with Gasteiger partial charge in [0.1, 0.15) is 0 Å². The summed E-state index contributed by atoms with van der Waals surface area (Å²) >= 11 is 0. The lowest BCUT2D eigenvalue weighted by atomic mass is 10.0. The molecule has 12 heavy (non-hydrogen) atoms. The Kier molecular flexibility index (Phi) is 5.90. The van der Waals surface area contributed by atoms with Gasteiger partial charge in [-0.2, -0.15) is 0 Å². The van der Waals surface area contributed by atoms with Crippen molar-refractivity contribution in [3.05, 3.63) is 6.55 Å². The van der Waals surface area contributed by atoms with Crippen LogP contribution in [0.25, 0.3) is 0 Å². The third-order valence-electron chi connectivity index (χ3n) is 2.38. The van der Waals surface area contributed by atoms with E-state index in [4.69, 9.17) is 0 Å². The van der Waals surface area contributed by atoms with Crippen molar-refractivity contribution in [1.29, 1.82) is 0 Å². The molecular formula is C11H25Si. The number of hydrogen-bond donors (Lipinski definition) is 0. The molecule has 0 saturated carbocycles. The average molecular weight is 185 g/mol. The standard InChI is InChI=1S/C11H25Si/c1-6-8-9-11(7-2)10-12(3,4)5/h11H,3,6-10H2,1-2,4-5H3. The van der Waals surface area contributed by atoms with Gasteiger partial charge in [-0.1, -0.05) is 65.2 Å². The molecule has 0 aromatic heterocycles. The summed E-state index contributed by atoms with van der Waals surface area (Å²) in [5.74, 6) is 0.962. The van der Waals surface area contributed by atoms with Crippen LogP contribution in [0, 0.1) is 12.5 Å². The fourth-order valence-corrected chi connectivity index (χ4v) is 3.78. The van der Waals surface area contributed by atoms with Crippen molar-refractivity contribution in [2.75, 3.05) is 0 Å². The summed E-state index contributed by atoms with van der Waals surface area (Å²) in [4.78, 5) is 0. The SMILES string of the molecule is [CH2][Si](C)(C)CC(CC)CCCC. The molecule has 0 fully saturated rings. The molecule has 0 aliphatic heterocycles.